The molecule has 2 fully saturated rings. The van der Waals surface area contributed by atoms with Crippen LogP contribution in [0.15, 0.2) is 36.5 Å². The number of hydrogen-bond donors (Lipinski definition) is 1. The van der Waals surface area contributed by atoms with E-state index in [-0.39, 0.29) is 36.6 Å². The SMILES string of the molecule is CC1(C)CN(C(=O)C2CC(O)(C(F)(F)F)C2)CCN1C(=O)c1cn2nc(-c3ccc(F)cc3)cc(C(F)(F)F)c2n1. The van der Waals surface area contributed by atoms with Crippen LogP contribution in [0.4, 0.5) is 30.7 Å². The number of carbonyl (C=O) groups is 2. The van der Waals surface area contributed by atoms with Crippen molar-refractivity contribution < 1.29 is 45.4 Å². The van der Waals surface area contributed by atoms with Crippen molar-refractivity contribution in [3.63, 3.8) is 0 Å². The summed E-state index contributed by atoms with van der Waals surface area (Å²) in [5, 5.41) is 13.8. The van der Waals surface area contributed by atoms with E-state index in [0.717, 1.165) is 28.9 Å². The Kier molecular flexibility index (Phi) is 6.59. The molecule has 5 rings (SSSR count). The minimum Gasteiger partial charge on any atom is -0.380 e. The molecule has 15 heteroatoms. The van der Waals surface area contributed by atoms with Crippen LogP contribution in [-0.4, -0.2) is 78.3 Å². The molecule has 2 amide bonds. The first-order valence-electron chi connectivity index (χ1n) is 12.5. The van der Waals surface area contributed by atoms with E-state index in [1.807, 2.05) is 0 Å². The third kappa shape index (κ3) is 5.11. The highest BCUT2D eigenvalue weighted by Crippen LogP contribution is 2.49. The quantitative estimate of drug-likeness (QED) is 0.461. The lowest BCUT2D eigenvalue weighted by molar-refractivity contribution is -0.297. The fourth-order valence-corrected chi connectivity index (χ4v) is 5.33. The number of aliphatic hydroxyl groups is 1. The van der Waals surface area contributed by atoms with Crippen molar-refractivity contribution in [1.29, 1.82) is 0 Å². The summed E-state index contributed by atoms with van der Waals surface area (Å²) in [5.74, 6) is -2.89. The van der Waals surface area contributed by atoms with Gasteiger partial charge in [0.1, 0.15) is 17.1 Å². The first-order chi connectivity index (χ1) is 18.9. The molecule has 0 unspecified atom stereocenters. The van der Waals surface area contributed by atoms with Crippen molar-refractivity contribution >= 4 is 17.5 Å². The molecule has 1 aliphatic heterocycles. The predicted octanol–water partition coefficient (Wildman–Crippen LogP) is 4.32. The van der Waals surface area contributed by atoms with E-state index >= 15 is 0 Å². The number of benzene rings is 1. The molecule has 3 aromatic rings. The van der Waals surface area contributed by atoms with Crippen LogP contribution in [0.25, 0.3) is 16.9 Å². The Labute approximate surface area is 228 Å². The molecule has 0 atom stereocenters. The number of imidazole rings is 1. The van der Waals surface area contributed by atoms with E-state index in [9.17, 15) is 45.4 Å². The van der Waals surface area contributed by atoms with E-state index in [1.165, 1.54) is 21.9 Å². The van der Waals surface area contributed by atoms with E-state index in [0.29, 0.717) is 0 Å². The van der Waals surface area contributed by atoms with Crippen molar-refractivity contribution in [2.45, 2.75) is 50.2 Å². The highest BCUT2D eigenvalue weighted by Gasteiger charge is 2.63. The normalized spacial score (nSPS) is 23.0. The van der Waals surface area contributed by atoms with Gasteiger partial charge in [0.25, 0.3) is 5.91 Å². The summed E-state index contributed by atoms with van der Waals surface area (Å²) >= 11 is 0. The van der Waals surface area contributed by atoms with Gasteiger partial charge in [-0.05, 0) is 57.0 Å². The molecule has 3 heterocycles. The first kappa shape index (κ1) is 28.8. The summed E-state index contributed by atoms with van der Waals surface area (Å²) in [5.41, 5.74) is -5.96. The van der Waals surface area contributed by atoms with Crippen molar-refractivity contribution in [3.8, 4) is 11.3 Å². The van der Waals surface area contributed by atoms with Crippen molar-refractivity contribution in [3.05, 3.63) is 53.6 Å². The zero-order chi connectivity index (χ0) is 30.1. The van der Waals surface area contributed by atoms with Crippen LogP contribution >= 0.6 is 0 Å². The zero-order valence-corrected chi connectivity index (χ0v) is 21.7. The number of amides is 2. The van der Waals surface area contributed by atoms with Gasteiger partial charge < -0.3 is 14.9 Å². The molecule has 2 aliphatic rings. The predicted molar refractivity (Wildman–Crippen MR) is 129 cm³/mol. The number of carbonyl (C=O) groups excluding carboxylic acids is 2. The van der Waals surface area contributed by atoms with Gasteiger partial charge in [0, 0.05) is 31.1 Å². The first-order valence-corrected chi connectivity index (χ1v) is 12.5. The van der Waals surface area contributed by atoms with Crippen LogP contribution in [0.3, 0.4) is 0 Å². The minimum atomic E-state index is -4.85. The lowest BCUT2D eigenvalue weighted by Crippen LogP contribution is -2.65. The molecular formula is C26H24F7N5O3. The van der Waals surface area contributed by atoms with Crippen LogP contribution in [0.1, 0.15) is 42.7 Å². The molecule has 8 nitrogen and oxygen atoms in total. The molecule has 41 heavy (non-hydrogen) atoms. The molecule has 0 bridgehead atoms. The van der Waals surface area contributed by atoms with Gasteiger partial charge in [0.15, 0.2) is 11.2 Å². The van der Waals surface area contributed by atoms with Crippen LogP contribution in [-0.2, 0) is 11.0 Å². The summed E-state index contributed by atoms with van der Waals surface area (Å²) in [7, 11) is 0. The Morgan fingerprint density at radius 2 is 1.66 bits per heavy atom. The van der Waals surface area contributed by atoms with Crippen LogP contribution in [0, 0.1) is 11.7 Å². The van der Waals surface area contributed by atoms with Crippen molar-refractivity contribution in [1.82, 2.24) is 24.4 Å². The third-order valence-corrected chi connectivity index (χ3v) is 7.59. The van der Waals surface area contributed by atoms with Crippen molar-refractivity contribution in [2.24, 2.45) is 5.92 Å². The van der Waals surface area contributed by atoms with Gasteiger partial charge >= 0.3 is 12.4 Å². The Balaban J connectivity index is 1.38. The molecule has 0 radical (unpaired) electrons. The number of piperazine rings is 1. The van der Waals surface area contributed by atoms with Crippen molar-refractivity contribution in [2.75, 3.05) is 19.6 Å². The highest BCUT2D eigenvalue weighted by atomic mass is 19.4. The van der Waals surface area contributed by atoms with Gasteiger partial charge in [-0.25, -0.2) is 13.9 Å². The molecular weight excluding hydrogens is 563 g/mol. The van der Waals surface area contributed by atoms with Crippen LogP contribution in [0.2, 0.25) is 0 Å². The van der Waals surface area contributed by atoms with E-state index < -0.39 is 71.1 Å². The molecule has 0 spiro atoms. The second-order valence-electron chi connectivity index (χ2n) is 11.0. The number of alkyl halides is 6. The maximum Gasteiger partial charge on any atom is 0.420 e. The number of nitrogens with zero attached hydrogens (tertiary/aromatic N) is 5. The lowest BCUT2D eigenvalue weighted by atomic mass is 9.69. The van der Waals surface area contributed by atoms with Gasteiger partial charge in [-0.2, -0.15) is 31.4 Å². The molecule has 2 aromatic heterocycles. The monoisotopic (exact) mass is 587 g/mol. The maximum absolute atomic E-state index is 13.9. The number of fused-ring (bicyclic) bond motifs is 1. The largest absolute Gasteiger partial charge is 0.420 e. The Morgan fingerprint density at radius 1 is 1.02 bits per heavy atom. The van der Waals surface area contributed by atoms with Gasteiger partial charge in [-0.1, -0.05) is 0 Å². The minimum absolute atomic E-state index is 0.0247. The van der Waals surface area contributed by atoms with E-state index in [1.54, 1.807) is 13.8 Å². The fraction of sp³-hybridized carbons (Fsp3) is 0.462. The van der Waals surface area contributed by atoms with E-state index in [4.69, 9.17) is 0 Å². The second-order valence-corrected chi connectivity index (χ2v) is 11.0. The fourth-order valence-electron chi connectivity index (χ4n) is 5.33. The van der Waals surface area contributed by atoms with Gasteiger partial charge in [-0.15, -0.1) is 0 Å². The average molecular weight is 587 g/mol. The number of hydrogen-bond acceptors (Lipinski definition) is 5. The topological polar surface area (TPSA) is 91.0 Å². The Bertz CT molecular complexity index is 1510. The summed E-state index contributed by atoms with van der Waals surface area (Å²) in [6.07, 6.45) is -10.1. The van der Waals surface area contributed by atoms with Gasteiger partial charge in [0.2, 0.25) is 5.91 Å². The smallest absolute Gasteiger partial charge is 0.380 e. The number of aromatic nitrogens is 3. The highest BCUT2D eigenvalue weighted by molar-refractivity contribution is 5.94. The second kappa shape index (κ2) is 9.39. The third-order valence-electron chi connectivity index (χ3n) is 7.59. The average Bonchev–Trinajstić information content (AvgIpc) is 3.28. The molecule has 1 aromatic carbocycles. The number of rotatable bonds is 3. The molecule has 1 aliphatic carbocycles. The number of halogens is 7. The Hall–Kier alpha value is -3.75. The lowest BCUT2D eigenvalue weighted by Gasteiger charge is -2.50. The van der Waals surface area contributed by atoms with Gasteiger partial charge in [0.05, 0.1) is 17.4 Å². The summed E-state index contributed by atoms with van der Waals surface area (Å²) < 4.78 is 94.9. The molecule has 220 valence electrons. The summed E-state index contributed by atoms with van der Waals surface area (Å²) in [6, 6.07) is 5.45. The van der Waals surface area contributed by atoms with Crippen LogP contribution in [0.5, 0.6) is 0 Å². The molecule has 1 saturated heterocycles. The maximum atomic E-state index is 13.9. The summed E-state index contributed by atoms with van der Waals surface area (Å²) in [6.45, 7) is 3.09. The van der Waals surface area contributed by atoms with Crippen LogP contribution < -0.4 is 0 Å². The zero-order valence-electron chi connectivity index (χ0n) is 21.7. The van der Waals surface area contributed by atoms with E-state index in [2.05, 4.69) is 10.1 Å². The Morgan fingerprint density at radius 3 is 2.22 bits per heavy atom. The molecule has 1 saturated carbocycles. The molecule has 1 N–H and O–H groups in total. The van der Waals surface area contributed by atoms with Gasteiger partial charge in [-0.3, -0.25) is 9.59 Å². The standard InChI is InChI=1S/C26H24F7N5O3/c1-23(2)13-36(21(39)15-10-24(41,11-15)26(31,32)33)7-8-37(23)22(40)19-12-38-20(34-19)17(25(28,29)30)9-18(35-38)14-3-5-16(27)6-4-14/h3-6,9,12,15,41H,7-8,10-11,13H2,1-2H3. The summed E-state index contributed by atoms with van der Waals surface area (Å²) in [4.78, 5) is 32.9.